The van der Waals surface area contributed by atoms with Gasteiger partial charge in [-0.25, -0.2) is 4.98 Å². The first-order chi connectivity index (χ1) is 15.8. The minimum Gasteiger partial charge on any atom is -0.497 e. The second-order valence-corrected chi connectivity index (χ2v) is 8.12. The van der Waals surface area contributed by atoms with Gasteiger partial charge in [-0.05, 0) is 46.3 Å². The number of benzene rings is 2. The standard InChI is InChI=1S/C20H16N4OS.C6H4/c1-3-15-7-10-26-19(15)18-20(24-9-8-21-13-17(24)23-18)22-12-14-5-4-6-16(11-14)25-2;1-2-5-4-6(5)3-1/h1,4-11,13,22H,12H2,2H3;1-4H. The molecule has 4 aromatic rings. The van der Waals surface area contributed by atoms with Crippen molar-refractivity contribution in [3.05, 3.63) is 89.7 Å². The Morgan fingerprint density at radius 1 is 1.12 bits per heavy atom. The lowest BCUT2D eigenvalue weighted by Gasteiger charge is -2.09. The Kier molecular flexibility index (Phi) is 5.32. The van der Waals surface area contributed by atoms with Crippen molar-refractivity contribution in [3.63, 3.8) is 0 Å². The highest BCUT2D eigenvalue weighted by atomic mass is 32.1. The first-order valence-electron chi connectivity index (χ1n) is 10.1. The summed E-state index contributed by atoms with van der Waals surface area (Å²) in [6, 6.07) is 18.4. The lowest BCUT2D eigenvalue weighted by atomic mass is 10.2. The summed E-state index contributed by atoms with van der Waals surface area (Å²) in [5.74, 6) is 4.46. The Labute approximate surface area is 190 Å². The van der Waals surface area contributed by atoms with Gasteiger partial charge in [-0.15, -0.1) is 17.8 Å². The van der Waals surface area contributed by atoms with Crippen LogP contribution in [0.4, 0.5) is 5.82 Å². The molecule has 1 aromatic carbocycles. The van der Waals surface area contributed by atoms with Crippen LogP contribution in [-0.2, 0) is 6.54 Å². The van der Waals surface area contributed by atoms with Crippen LogP contribution in [-0.4, -0.2) is 21.5 Å². The second kappa shape index (κ2) is 8.58. The number of anilines is 1. The fourth-order valence-corrected chi connectivity index (χ4v) is 4.33. The van der Waals surface area contributed by atoms with Crippen molar-refractivity contribution < 1.29 is 4.74 Å². The molecule has 3 aromatic heterocycles. The van der Waals surface area contributed by atoms with E-state index in [2.05, 4.69) is 46.6 Å². The molecule has 0 bridgehead atoms. The summed E-state index contributed by atoms with van der Waals surface area (Å²) in [6.45, 7) is 0.636. The number of methoxy groups -OCH3 is 1. The fraction of sp³-hybridized carbons (Fsp3) is 0.0769. The van der Waals surface area contributed by atoms with Crippen LogP contribution in [0.15, 0.2) is 78.6 Å². The number of aromatic nitrogens is 3. The Hall–Kier alpha value is -4.08. The molecule has 0 atom stereocenters. The van der Waals surface area contributed by atoms with Crippen molar-refractivity contribution in [2.24, 2.45) is 0 Å². The van der Waals surface area contributed by atoms with Crippen LogP contribution < -0.4 is 10.1 Å². The number of fused-ring (bicyclic) bond motifs is 2. The van der Waals surface area contributed by atoms with Gasteiger partial charge in [0, 0.05) is 24.5 Å². The average Bonchev–Trinajstić information content (AvgIpc) is 3.21. The first-order valence-corrected chi connectivity index (χ1v) is 11.0. The monoisotopic (exact) mass is 436 g/mol. The predicted octanol–water partition coefficient (Wildman–Crippen LogP) is 5.73. The van der Waals surface area contributed by atoms with Crippen molar-refractivity contribution in [1.29, 1.82) is 0 Å². The van der Waals surface area contributed by atoms with Gasteiger partial charge in [-0.1, -0.05) is 36.3 Å². The van der Waals surface area contributed by atoms with E-state index in [0.717, 1.165) is 38.9 Å². The summed E-state index contributed by atoms with van der Waals surface area (Å²) in [6.07, 6.45) is 11.0. The Morgan fingerprint density at radius 3 is 2.69 bits per heavy atom. The molecule has 0 unspecified atom stereocenters. The van der Waals surface area contributed by atoms with Crippen molar-refractivity contribution >= 4 is 22.8 Å². The summed E-state index contributed by atoms with van der Waals surface area (Å²) in [5, 5.41) is 5.48. The molecule has 0 amide bonds. The minimum absolute atomic E-state index is 0.636. The largest absolute Gasteiger partial charge is 0.497 e. The van der Waals surface area contributed by atoms with Crippen molar-refractivity contribution in [1.82, 2.24) is 14.4 Å². The number of rotatable bonds is 5. The molecule has 0 aliphatic heterocycles. The van der Waals surface area contributed by atoms with Gasteiger partial charge in [0.2, 0.25) is 0 Å². The molecule has 6 rings (SSSR count). The zero-order chi connectivity index (χ0) is 21.9. The number of hydrogen-bond acceptors (Lipinski definition) is 5. The molecular formula is C26H20N4OS. The highest BCUT2D eigenvalue weighted by molar-refractivity contribution is 7.13. The van der Waals surface area contributed by atoms with E-state index in [1.807, 2.05) is 40.2 Å². The molecule has 2 aliphatic carbocycles. The van der Waals surface area contributed by atoms with E-state index in [-0.39, 0.29) is 0 Å². The van der Waals surface area contributed by atoms with Crippen molar-refractivity contribution in [3.8, 4) is 39.8 Å². The maximum atomic E-state index is 5.65. The summed E-state index contributed by atoms with van der Waals surface area (Å²) in [4.78, 5) is 9.88. The third kappa shape index (κ3) is 3.94. The normalized spacial score (nSPS) is 10.8. The van der Waals surface area contributed by atoms with E-state index >= 15 is 0 Å². The fourth-order valence-electron chi connectivity index (χ4n) is 3.48. The number of terminal acetylenes is 1. The van der Waals surface area contributed by atoms with Crippen molar-refractivity contribution in [2.45, 2.75) is 6.54 Å². The van der Waals surface area contributed by atoms with Gasteiger partial charge >= 0.3 is 0 Å². The zero-order valence-corrected chi connectivity index (χ0v) is 18.3. The maximum Gasteiger partial charge on any atom is 0.157 e. The van der Waals surface area contributed by atoms with E-state index in [1.54, 1.807) is 30.8 Å². The molecule has 0 spiro atoms. The van der Waals surface area contributed by atoms with Gasteiger partial charge in [0.15, 0.2) is 5.65 Å². The number of hydrogen-bond donors (Lipinski definition) is 1. The van der Waals surface area contributed by atoms with Crippen LogP contribution in [0.2, 0.25) is 0 Å². The van der Waals surface area contributed by atoms with Crippen LogP contribution in [0.25, 0.3) is 27.3 Å². The zero-order valence-electron chi connectivity index (χ0n) is 17.4. The Balaban J connectivity index is 0.000000306. The second-order valence-electron chi connectivity index (χ2n) is 7.21. The lowest BCUT2D eigenvalue weighted by molar-refractivity contribution is 0.414. The molecule has 0 saturated carbocycles. The molecule has 156 valence electrons. The van der Waals surface area contributed by atoms with Gasteiger partial charge in [-0.2, -0.15) is 0 Å². The van der Waals surface area contributed by atoms with Gasteiger partial charge in [0.1, 0.15) is 17.3 Å². The van der Waals surface area contributed by atoms with Crippen LogP contribution in [0.3, 0.4) is 0 Å². The summed E-state index contributed by atoms with van der Waals surface area (Å²) in [7, 11) is 1.67. The van der Waals surface area contributed by atoms with E-state index < -0.39 is 0 Å². The van der Waals surface area contributed by atoms with E-state index in [4.69, 9.17) is 16.1 Å². The molecule has 2 aliphatic rings. The summed E-state index contributed by atoms with van der Waals surface area (Å²) < 4.78 is 7.29. The third-order valence-electron chi connectivity index (χ3n) is 5.17. The quantitative estimate of drug-likeness (QED) is 0.351. The molecule has 3 heterocycles. The smallest absolute Gasteiger partial charge is 0.157 e. The van der Waals surface area contributed by atoms with Gasteiger partial charge < -0.3 is 10.1 Å². The SMILES string of the molecule is C#Cc1ccsc1-c1nc2cnccn2c1NCc1cccc(OC)c1.c1cc2cc-2c1. The van der Waals surface area contributed by atoms with E-state index in [0.29, 0.717) is 6.54 Å². The number of nitrogens with zero attached hydrogens (tertiary/aromatic N) is 3. The number of imidazole rings is 1. The molecule has 0 radical (unpaired) electrons. The van der Waals surface area contributed by atoms with Crippen LogP contribution >= 0.6 is 11.3 Å². The van der Waals surface area contributed by atoms with E-state index in [9.17, 15) is 0 Å². The summed E-state index contributed by atoms with van der Waals surface area (Å²) >= 11 is 1.59. The average molecular weight is 437 g/mol. The van der Waals surface area contributed by atoms with E-state index in [1.165, 1.54) is 11.1 Å². The van der Waals surface area contributed by atoms with Gasteiger partial charge in [0.05, 0.1) is 18.2 Å². The third-order valence-corrected chi connectivity index (χ3v) is 6.09. The first kappa shape index (κ1) is 19.9. The van der Waals surface area contributed by atoms with Crippen LogP contribution in [0, 0.1) is 12.3 Å². The molecule has 5 nitrogen and oxygen atoms in total. The van der Waals surface area contributed by atoms with Gasteiger partial charge in [0.25, 0.3) is 0 Å². The van der Waals surface area contributed by atoms with Gasteiger partial charge in [-0.3, -0.25) is 9.38 Å². The highest BCUT2D eigenvalue weighted by Crippen LogP contribution is 2.35. The molecule has 32 heavy (non-hydrogen) atoms. The van der Waals surface area contributed by atoms with Crippen LogP contribution in [0.1, 0.15) is 11.1 Å². The molecule has 0 saturated heterocycles. The van der Waals surface area contributed by atoms with Crippen LogP contribution in [0.5, 0.6) is 5.75 Å². The lowest BCUT2D eigenvalue weighted by Crippen LogP contribution is -2.03. The van der Waals surface area contributed by atoms with Crippen molar-refractivity contribution in [2.75, 3.05) is 12.4 Å². The predicted molar refractivity (Wildman–Crippen MR) is 130 cm³/mol. The summed E-state index contributed by atoms with van der Waals surface area (Å²) in [5.41, 5.74) is 6.42. The topological polar surface area (TPSA) is 51.5 Å². The number of ether oxygens (including phenoxy) is 1. The molecule has 6 heteroatoms. The number of thiophene rings is 1. The molecule has 1 N–H and O–H groups in total. The molecular weight excluding hydrogens is 416 g/mol. The minimum atomic E-state index is 0.636. The Morgan fingerprint density at radius 2 is 1.97 bits per heavy atom. The molecule has 0 fully saturated rings. The highest BCUT2D eigenvalue weighted by Gasteiger charge is 2.17. The maximum absolute atomic E-state index is 5.65. The number of nitrogens with one attached hydrogen (secondary N) is 1. The Bertz CT molecular complexity index is 1430.